The predicted octanol–water partition coefficient (Wildman–Crippen LogP) is 6.07. The van der Waals surface area contributed by atoms with Crippen molar-refractivity contribution in [3.05, 3.63) is 95.3 Å². The molecule has 3 aromatic rings. The van der Waals surface area contributed by atoms with Crippen molar-refractivity contribution in [2.75, 3.05) is 6.54 Å². The normalized spacial score (nSPS) is 12.2. The summed E-state index contributed by atoms with van der Waals surface area (Å²) >= 11 is 0. The highest BCUT2D eigenvalue weighted by Crippen LogP contribution is 2.30. The smallest absolute Gasteiger partial charge is 0.408 e. The lowest BCUT2D eigenvalue weighted by atomic mass is 9.80. The largest absolute Gasteiger partial charge is 0.480 e. The van der Waals surface area contributed by atoms with Crippen LogP contribution in [0.15, 0.2) is 77.7 Å². The van der Waals surface area contributed by atoms with Crippen LogP contribution in [0.25, 0.3) is 0 Å². The number of aromatic nitrogens is 1. The SMILES string of the molecule is CCCCC(C)(C)c1ccc(CN(Cc2cccc(CC(C)(C)OC(=O)NCC(=O)O)n2)S(=O)(=O)c2ccccc2)cc1. The molecule has 0 aliphatic carbocycles. The molecule has 2 N–H and O–H groups in total. The second kappa shape index (κ2) is 14.6. The van der Waals surface area contributed by atoms with Crippen LogP contribution in [0.5, 0.6) is 0 Å². The predicted molar refractivity (Wildman–Crippen MR) is 166 cm³/mol. The Hall–Kier alpha value is -3.76. The molecule has 9 nitrogen and oxygen atoms in total. The minimum Gasteiger partial charge on any atom is -0.480 e. The molecular formula is C33H43N3O6S. The molecular weight excluding hydrogens is 566 g/mol. The van der Waals surface area contributed by atoms with Gasteiger partial charge in [0.05, 0.1) is 17.1 Å². The molecule has 0 radical (unpaired) electrons. The topological polar surface area (TPSA) is 126 Å². The Morgan fingerprint density at radius 3 is 2.19 bits per heavy atom. The van der Waals surface area contributed by atoms with Crippen LogP contribution in [0.1, 0.15) is 76.4 Å². The van der Waals surface area contributed by atoms with E-state index in [0.29, 0.717) is 11.4 Å². The van der Waals surface area contributed by atoms with Gasteiger partial charge >= 0.3 is 12.1 Å². The molecule has 0 aliphatic heterocycles. The first kappa shape index (κ1) is 33.7. The lowest BCUT2D eigenvalue weighted by molar-refractivity contribution is -0.136. The lowest BCUT2D eigenvalue weighted by Gasteiger charge is -2.26. The molecule has 1 aromatic heterocycles. The number of hydrogen-bond donors (Lipinski definition) is 2. The first-order valence-corrected chi connectivity index (χ1v) is 15.9. The van der Waals surface area contributed by atoms with Gasteiger partial charge in [0.25, 0.3) is 0 Å². The summed E-state index contributed by atoms with van der Waals surface area (Å²) in [7, 11) is -3.86. The maximum absolute atomic E-state index is 13.8. The minimum absolute atomic E-state index is 0.0309. The summed E-state index contributed by atoms with van der Waals surface area (Å²) in [5.41, 5.74) is 2.27. The number of benzene rings is 2. The van der Waals surface area contributed by atoms with Crippen molar-refractivity contribution < 1.29 is 27.9 Å². The number of hydrogen-bond acceptors (Lipinski definition) is 6. The average Bonchev–Trinajstić information content (AvgIpc) is 2.95. The number of sulfonamides is 1. The molecule has 0 bridgehead atoms. The Kier molecular flexibility index (Phi) is 11.5. The number of carboxylic acids is 1. The van der Waals surface area contributed by atoms with E-state index in [1.807, 2.05) is 12.1 Å². The van der Waals surface area contributed by atoms with E-state index in [1.54, 1.807) is 62.4 Å². The van der Waals surface area contributed by atoms with Gasteiger partial charge in [-0.1, -0.05) is 82.1 Å². The van der Waals surface area contributed by atoms with E-state index in [0.717, 1.165) is 24.8 Å². The quantitative estimate of drug-likeness (QED) is 0.214. The highest BCUT2D eigenvalue weighted by atomic mass is 32.2. The molecule has 232 valence electrons. The summed E-state index contributed by atoms with van der Waals surface area (Å²) in [5.74, 6) is -1.18. The third-order valence-electron chi connectivity index (χ3n) is 7.19. The van der Waals surface area contributed by atoms with E-state index in [9.17, 15) is 18.0 Å². The van der Waals surface area contributed by atoms with Gasteiger partial charge in [-0.2, -0.15) is 4.31 Å². The number of unbranched alkanes of at least 4 members (excludes halogenated alkanes) is 1. The summed E-state index contributed by atoms with van der Waals surface area (Å²) < 4.78 is 34.5. The van der Waals surface area contributed by atoms with Crippen molar-refractivity contribution >= 4 is 22.1 Å². The third kappa shape index (κ3) is 10.2. The zero-order valence-corrected chi connectivity index (χ0v) is 26.5. The Labute approximate surface area is 255 Å². The molecule has 0 atom stereocenters. The average molecular weight is 610 g/mol. The van der Waals surface area contributed by atoms with Crippen molar-refractivity contribution in [3.63, 3.8) is 0 Å². The van der Waals surface area contributed by atoms with E-state index in [1.165, 1.54) is 9.87 Å². The van der Waals surface area contributed by atoms with Gasteiger partial charge in [0.1, 0.15) is 12.1 Å². The molecule has 0 unspecified atom stereocenters. The zero-order chi connectivity index (χ0) is 31.7. The fraction of sp³-hybridized carbons (Fsp3) is 0.424. The number of carbonyl (C=O) groups excluding carboxylic acids is 1. The van der Waals surface area contributed by atoms with Crippen molar-refractivity contribution in [2.24, 2.45) is 0 Å². The van der Waals surface area contributed by atoms with E-state index >= 15 is 0 Å². The van der Waals surface area contributed by atoms with E-state index in [2.05, 4.69) is 38.2 Å². The number of rotatable bonds is 15. The lowest BCUT2D eigenvalue weighted by Crippen LogP contribution is -2.38. The second-order valence-corrected chi connectivity index (χ2v) is 13.9. The van der Waals surface area contributed by atoms with Gasteiger partial charge in [0.15, 0.2) is 0 Å². The van der Waals surface area contributed by atoms with Gasteiger partial charge in [0, 0.05) is 18.7 Å². The van der Waals surface area contributed by atoms with Crippen molar-refractivity contribution in [3.8, 4) is 0 Å². The summed E-state index contributed by atoms with van der Waals surface area (Å²) in [5, 5.41) is 10.9. The van der Waals surface area contributed by atoms with Crippen LogP contribution < -0.4 is 5.32 Å². The molecule has 0 saturated heterocycles. The number of aliphatic carboxylic acids is 1. The Morgan fingerprint density at radius 1 is 0.907 bits per heavy atom. The zero-order valence-electron chi connectivity index (χ0n) is 25.7. The number of nitrogens with zero attached hydrogens (tertiary/aromatic N) is 2. The molecule has 10 heteroatoms. The summed E-state index contributed by atoms with van der Waals surface area (Å²) in [6.45, 7) is 9.69. The summed E-state index contributed by atoms with van der Waals surface area (Å²) in [4.78, 5) is 27.6. The number of alkyl carbamates (subject to hydrolysis) is 1. The van der Waals surface area contributed by atoms with Crippen molar-refractivity contribution in [1.29, 1.82) is 0 Å². The van der Waals surface area contributed by atoms with Gasteiger partial charge in [0.2, 0.25) is 10.0 Å². The van der Waals surface area contributed by atoms with Crippen LogP contribution in [-0.2, 0) is 44.5 Å². The molecule has 0 saturated carbocycles. The summed E-state index contributed by atoms with van der Waals surface area (Å²) in [6.07, 6.45) is 2.75. The first-order chi connectivity index (χ1) is 20.2. The molecule has 3 rings (SSSR count). The maximum atomic E-state index is 13.8. The van der Waals surface area contributed by atoms with Crippen LogP contribution in [0.4, 0.5) is 4.79 Å². The van der Waals surface area contributed by atoms with Crippen LogP contribution >= 0.6 is 0 Å². The fourth-order valence-corrected chi connectivity index (χ4v) is 6.22. The van der Waals surface area contributed by atoms with Crippen LogP contribution in [0.3, 0.4) is 0 Å². The number of pyridine rings is 1. The Bertz CT molecular complexity index is 1470. The number of nitrogens with one attached hydrogen (secondary N) is 1. The van der Waals surface area contributed by atoms with Gasteiger partial charge in [-0.15, -0.1) is 0 Å². The van der Waals surface area contributed by atoms with Crippen LogP contribution in [-0.4, -0.2) is 47.0 Å². The molecule has 1 heterocycles. The monoisotopic (exact) mass is 609 g/mol. The standard InChI is InChI=1S/C33H43N3O6S/c1-6-7-20-32(2,3)26-18-16-25(17-19-26)23-36(43(40,41)29-14-9-8-10-15-29)24-28-13-11-12-27(35-28)21-33(4,5)42-31(39)34-22-30(37)38/h8-19H,6-7,20-24H2,1-5H3,(H,34,39)(H,37,38). The third-order valence-corrected chi connectivity index (χ3v) is 9.00. The van der Waals surface area contributed by atoms with Crippen molar-refractivity contribution in [2.45, 2.75) is 89.3 Å². The number of carboxylic acid groups (broad SMARTS) is 1. The van der Waals surface area contributed by atoms with Crippen molar-refractivity contribution in [1.82, 2.24) is 14.6 Å². The molecule has 0 aliphatic rings. The number of carbonyl (C=O) groups is 2. The molecule has 43 heavy (non-hydrogen) atoms. The van der Waals surface area contributed by atoms with Gasteiger partial charge in [-0.25, -0.2) is 13.2 Å². The van der Waals surface area contributed by atoms with E-state index < -0.39 is 34.2 Å². The van der Waals surface area contributed by atoms with Gasteiger partial charge in [-0.3, -0.25) is 9.78 Å². The second-order valence-electron chi connectivity index (χ2n) is 12.0. The van der Waals surface area contributed by atoms with Crippen LogP contribution in [0, 0.1) is 0 Å². The molecule has 2 aromatic carbocycles. The van der Waals surface area contributed by atoms with E-state index in [-0.39, 0.29) is 29.8 Å². The maximum Gasteiger partial charge on any atom is 0.408 e. The van der Waals surface area contributed by atoms with E-state index in [4.69, 9.17) is 14.8 Å². The number of amides is 1. The minimum atomic E-state index is -3.86. The molecule has 0 fully saturated rings. The summed E-state index contributed by atoms with van der Waals surface area (Å²) in [6, 6.07) is 21.8. The van der Waals surface area contributed by atoms with Gasteiger partial charge < -0.3 is 15.2 Å². The Morgan fingerprint density at radius 2 is 1.56 bits per heavy atom. The fourth-order valence-electron chi connectivity index (χ4n) is 4.80. The first-order valence-electron chi connectivity index (χ1n) is 14.5. The Balaban J connectivity index is 1.84. The number of ether oxygens (including phenoxy) is 1. The molecule has 1 amide bonds. The van der Waals surface area contributed by atoms with Gasteiger partial charge in [-0.05, 0) is 61.1 Å². The highest BCUT2D eigenvalue weighted by molar-refractivity contribution is 7.89. The molecule has 0 spiro atoms. The van der Waals surface area contributed by atoms with Crippen LogP contribution in [0.2, 0.25) is 0 Å². The highest BCUT2D eigenvalue weighted by Gasteiger charge is 2.28.